The number of hydrogen-bond donors (Lipinski definition) is 3. The van der Waals surface area contributed by atoms with Crippen molar-refractivity contribution < 1.29 is 4.79 Å². The highest BCUT2D eigenvalue weighted by molar-refractivity contribution is 6.05. The summed E-state index contributed by atoms with van der Waals surface area (Å²) in [6.45, 7) is 7.76. The minimum atomic E-state index is -0.491. The van der Waals surface area contributed by atoms with Gasteiger partial charge in [0.2, 0.25) is 0 Å². The van der Waals surface area contributed by atoms with Gasteiger partial charge in [0.15, 0.2) is 12.0 Å². The van der Waals surface area contributed by atoms with Gasteiger partial charge in [0.1, 0.15) is 0 Å². The average molecular weight is 235 g/mol. The summed E-state index contributed by atoms with van der Waals surface area (Å²) in [5.41, 5.74) is 2.57. The number of rotatable bonds is 2. The molecule has 1 aliphatic heterocycles. The number of amides is 1. The van der Waals surface area contributed by atoms with E-state index in [2.05, 4.69) is 25.8 Å². The zero-order valence-corrected chi connectivity index (χ0v) is 10.5. The highest BCUT2D eigenvalue weighted by Crippen LogP contribution is 2.25. The largest absolute Gasteiger partial charge is 0.354 e. The van der Waals surface area contributed by atoms with Crippen molar-refractivity contribution >= 4 is 11.9 Å². The molecule has 92 valence electrons. The van der Waals surface area contributed by atoms with Crippen molar-refractivity contribution in [2.45, 2.75) is 39.8 Å². The van der Waals surface area contributed by atoms with Crippen molar-refractivity contribution in [2.75, 3.05) is 0 Å². The molecule has 2 rings (SSSR count). The number of guanidine groups is 1. The number of carbonyl (C=O) groups excluding carboxylic acids is 1. The first-order valence-electron chi connectivity index (χ1n) is 5.65. The highest BCUT2D eigenvalue weighted by atomic mass is 16.2. The van der Waals surface area contributed by atoms with Gasteiger partial charge in [0.25, 0.3) is 5.91 Å². The fraction of sp³-hybridized carbons (Fsp3) is 0.545. The van der Waals surface area contributed by atoms with Gasteiger partial charge in [-0.15, -0.1) is 0 Å². The molecular weight excluding hydrogens is 218 g/mol. The van der Waals surface area contributed by atoms with Crippen LogP contribution in [0.5, 0.6) is 0 Å². The summed E-state index contributed by atoms with van der Waals surface area (Å²) in [6.07, 6.45) is 0. The first kappa shape index (κ1) is 11.6. The lowest BCUT2D eigenvalue weighted by molar-refractivity contribution is -0.120. The molecule has 1 aromatic rings. The number of carbonyl (C=O) groups is 1. The molecule has 17 heavy (non-hydrogen) atoms. The number of H-pyrrole nitrogens is 1. The van der Waals surface area contributed by atoms with E-state index in [1.807, 2.05) is 27.7 Å². The Morgan fingerprint density at radius 1 is 1.35 bits per heavy atom. The van der Waals surface area contributed by atoms with E-state index in [0.29, 0.717) is 5.96 Å². The van der Waals surface area contributed by atoms with E-state index in [9.17, 15) is 4.79 Å². The summed E-state index contributed by atoms with van der Waals surface area (Å²) in [5.74, 6) is 0.427. The third-order valence-electron chi connectivity index (χ3n) is 2.63. The lowest BCUT2D eigenvalue weighted by atomic mass is 10.1. The predicted octanol–water partition coefficient (Wildman–Crippen LogP) is 0.551. The second-order valence-electron chi connectivity index (χ2n) is 4.52. The predicted molar refractivity (Wildman–Crippen MR) is 64.7 cm³/mol. The Hall–Kier alpha value is -1.85. The van der Waals surface area contributed by atoms with E-state index in [1.54, 1.807) is 0 Å². The lowest BCUT2D eigenvalue weighted by Crippen LogP contribution is -2.40. The van der Waals surface area contributed by atoms with E-state index in [1.165, 1.54) is 0 Å². The van der Waals surface area contributed by atoms with Crippen molar-refractivity contribution in [3.63, 3.8) is 0 Å². The van der Waals surface area contributed by atoms with Gasteiger partial charge in [-0.25, -0.2) is 4.99 Å². The lowest BCUT2D eigenvalue weighted by Gasteiger charge is -2.07. The molecule has 0 radical (unpaired) electrons. The molecule has 0 saturated heterocycles. The molecule has 6 heteroatoms. The molecule has 0 saturated carbocycles. The second-order valence-corrected chi connectivity index (χ2v) is 4.52. The molecule has 6 nitrogen and oxygen atoms in total. The average Bonchev–Trinajstić information content (AvgIpc) is 2.70. The number of nitrogens with one attached hydrogen (secondary N) is 3. The van der Waals surface area contributed by atoms with Crippen LogP contribution in [0.3, 0.4) is 0 Å². The Kier molecular flexibility index (Phi) is 2.87. The molecule has 1 aliphatic rings. The first-order chi connectivity index (χ1) is 7.99. The van der Waals surface area contributed by atoms with Crippen LogP contribution in [0.25, 0.3) is 0 Å². The summed E-state index contributed by atoms with van der Waals surface area (Å²) in [6, 6.07) is -0.255. The number of aliphatic imine (C=N–C) groups is 1. The molecule has 1 unspecified atom stereocenters. The van der Waals surface area contributed by atoms with Crippen LogP contribution in [0, 0.1) is 13.8 Å². The van der Waals surface area contributed by atoms with Crippen LogP contribution < -0.4 is 10.6 Å². The maximum atomic E-state index is 11.9. The topological polar surface area (TPSA) is 82.2 Å². The Morgan fingerprint density at radius 3 is 2.59 bits per heavy atom. The molecule has 0 aromatic carbocycles. The quantitative estimate of drug-likeness (QED) is 0.700. The van der Waals surface area contributed by atoms with Crippen LogP contribution in [0.2, 0.25) is 0 Å². The van der Waals surface area contributed by atoms with Gasteiger partial charge in [-0.3, -0.25) is 15.2 Å². The molecule has 2 heterocycles. The number of aryl methyl sites for hydroxylation is 2. The van der Waals surface area contributed by atoms with E-state index >= 15 is 0 Å². The Bertz CT molecular complexity index is 455. The van der Waals surface area contributed by atoms with Crippen molar-refractivity contribution in [3.8, 4) is 0 Å². The second kappa shape index (κ2) is 4.20. The SMILES string of the molecule is Cc1n[nH]c(C)c1C1N=C(NC(C)C)NC1=O. The number of nitrogens with zero attached hydrogens (tertiary/aromatic N) is 2. The molecular formula is C11H17N5O. The van der Waals surface area contributed by atoms with Gasteiger partial charge in [0.05, 0.1) is 5.69 Å². The van der Waals surface area contributed by atoms with Gasteiger partial charge in [-0.05, 0) is 27.7 Å². The van der Waals surface area contributed by atoms with Gasteiger partial charge >= 0.3 is 0 Å². The Morgan fingerprint density at radius 2 is 2.06 bits per heavy atom. The fourth-order valence-electron chi connectivity index (χ4n) is 1.91. The van der Waals surface area contributed by atoms with E-state index < -0.39 is 6.04 Å². The van der Waals surface area contributed by atoms with Crippen molar-refractivity contribution in [3.05, 3.63) is 17.0 Å². The highest BCUT2D eigenvalue weighted by Gasteiger charge is 2.31. The van der Waals surface area contributed by atoms with Crippen molar-refractivity contribution in [1.82, 2.24) is 20.8 Å². The zero-order chi connectivity index (χ0) is 12.6. The van der Waals surface area contributed by atoms with Gasteiger partial charge in [-0.1, -0.05) is 0 Å². The number of aromatic amines is 1. The zero-order valence-electron chi connectivity index (χ0n) is 10.5. The smallest absolute Gasteiger partial charge is 0.256 e. The van der Waals surface area contributed by atoms with Crippen LogP contribution in [-0.4, -0.2) is 28.1 Å². The molecule has 0 fully saturated rings. The minimum absolute atomic E-state index is 0.110. The Labute approximate surface area is 99.9 Å². The molecule has 1 amide bonds. The Balaban J connectivity index is 2.28. The molecule has 0 aliphatic carbocycles. The molecule has 0 spiro atoms. The maximum absolute atomic E-state index is 11.9. The summed E-state index contributed by atoms with van der Waals surface area (Å²) >= 11 is 0. The third-order valence-corrected chi connectivity index (χ3v) is 2.63. The number of hydrogen-bond acceptors (Lipinski definition) is 4. The molecule has 3 N–H and O–H groups in total. The molecule has 1 aromatic heterocycles. The minimum Gasteiger partial charge on any atom is -0.354 e. The third kappa shape index (κ3) is 2.15. The van der Waals surface area contributed by atoms with Crippen LogP contribution in [-0.2, 0) is 4.79 Å². The van der Waals surface area contributed by atoms with E-state index in [-0.39, 0.29) is 11.9 Å². The standard InChI is InChI=1S/C11H17N5O/c1-5(2)12-11-13-9(10(17)14-11)8-6(3)15-16-7(8)4/h5,9H,1-4H3,(H,15,16)(H2,12,13,14,17). The van der Waals surface area contributed by atoms with E-state index in [0.717, 1.165) is 17.0 Å². The van der Waals surface area contributed by atoms with Crippen molar-refractivity contribution in [2.24, 2.45) is 4.99 Å². The van der Waals surface area contributed by atoms with Crippen LogP contribution in [0.4, 0.5) is 0 Å². The fourth-order valence-corrected chi connectivity index (χ4v) is 1.91. The normalized spacial score (nSPS) is 19.5. The summed E-state index contributed by atoms with van der Waals surface area (Å²) in [4.78, 5) is 16.2. The molecule has 1 atom stereocenters. The van der Waals surface area contributed by atoms with Crippen LogP contribution in [0.15, 0.2) is 4.99 Å². The first-order valence-corrected chi connectivity index (χ1v) is 5.65. The molecule has 0 bridgehead atoms. The monoisotopic (exact) mass is 235 g/mol. The maximum Gasteiger partial charge on any atom is 0.256 e. The van der Waals surface area contributed by atoms with Crippen LogP contribution >= 0.6 is 0 Å². The van der Waals surface area contributed by atoms with Gasteiger partial charge < -0.3 is 5.32 Å². The summed E-state index contributed by atoms with van der Waals surface area (Å²) < 4.78 is 0. The summed E-state index contributed by atoms with van der Waals surface area (Å²) in [7, 11) is 0. The summed E-state index contributed by atoms with van der Waals surface area (Å²) in [5, 5.41) is 12.8. The van der Waals surface area contributed by atoms with Gasteiger partial charge in [0, 0.05) is 17.3 Å². The van der Waals surface area contributed by atoms with E-state index in [4.69, 9.17) is 0 Å². The number of aromatic nitrogens is 2. The van der Waals surface area contributed by atoms with Gasteiger partial charge in [-0.2, -0.15) is 5.10 Å². The van der Waals surface area contributed by atoms with Crippen LogP contribution in [0.1, 0.15) is 36.8 Å². The van der Waals surface area contributed by atoms with Crippen molar-refractivity contribution in [1.29, 1.82) is 0 Å².